The largest absolute Gasteiger partial charge is 0.490 e. The first-order valence-corrected chi connectivity index (χ1v) is 10.0. The third-order valence-corrected chi connectivity index (χ3v) is 5.03. The lowest BCUT2D eigenvalue weighted by Gasteiger charge is -2.28. The fourth-order valence-corrected chi connectivity index (χ4v) is 3.45. The molecule has 1 aliphatic heterocycles. The van der Waals surface area contributed by atoms with Crippen LogP contribution in [0.1, 0.15) is 41.3 Å². The summed E-state index contributed by atoms with van der Waals surface area (Å²) < 4.78 is 18.8. The van der Waals surface area contributed by atoms with Crippen LogP contribution in [0.25, 0.3) is 0 Å². The molecule has 0 saturated carbocycles. The van der Waals surface area contributed by atoms with Crippen LogP contribution in [0.15, 0.2) is 72.8 Å². The van der Waals surface area contributed by atoms with E-state index < -0.39 is 11.0 Å². The number of fused-ring (bicyclic) bond motifs is 1. The minimum Gasteiger partial charge on any atom is -0.490 e. The van der Waals surface area contributed by atoms with Gasteiger partial charge in [-0.2, -0.15) is 0 Å². The highest BCUT2D eigenvalue weighted by molar-refractivity contribution is 6.67. The molecule has 0 amide bonds. The first-order chi connectivity index (χ1) is 14.1. The Morgan fingerprint density at radius 3 is 2.14 bits per heavy atom. The Kier molecular flexibility index (Phi) is 5.45. The average Bonchev–Trinajstić information content (AvgIpc) is 3.16. The van der Waals surface area contributed by atoms with Crippen LogP contribution in [-0.4, -0.2) is 11.8 Å². The van der Waals surface area contributed by atoms with Crippen LogP contribution in [0.4, 0.5) is 0 Å². The standard InChI is InChI=1S/C24H21ClO4/c1-2-3-14-27-20-15-17(23(25)26)16-21-22(20)29-24(28-21,18-10-6-4-7-11-18)19-12-8-5-9-13-19/h4-13,15-16H,2-3,14H2,1H3. The summed E-state index contributed by atoms with van der Waals surface area (Å²) in [6.07, 6.45) is 1.88. The van der Waals surface area contributed by atoms with E-state index in [0.29, 0.717) is 29.4 Å². The van der Waals surface area contributed by atoms with Crippen LogP contribution in [0.2, 0.25) is 0 Å². The number of benzene rings is 3. The zero-order valence-electron chi connectivity index (χ0n) is 16.1. The van der Waals surface area contributed by atoms with E-state index in [1.807, 2.05) is 60.7 Å². The minimum absolute atomic E-state index is 0.303. The van der Waals surface area contributed by atoms with Gasteiger partial charge in [0.1, 0.15) is 0 Å². The Bertz CT molecular complexity index is 963. The third kappa shape index (κ3) is 3.68. The van der Waals surface area contributed by atoms with Gasteiger partial charge in [-0.15, -0.1) is 0 Å². The molecule has 29 heavy (non-hydrogen) atoms. The summed E-state index contributed by atoms with van der Waals surface area (Å²) in [5.41, 5.74) is 1.97. The van der Waals surface area contributed by atoms with Crippen molar-refractivity contribution in [2.45, 2.75) is 25.6 Å². The van der Waals surface area contributed by atoms with Crippen molar-refractivity contribution in [2.75, 3.05) is 6.61 Å². The molecule has 148 valence electrons. The summed E-state index contributed by atoms with van der Waals surface area (Å²) in [5.74, 6) is 0.168. The lowest BCUT2D eigenvalue weighted by Crippen LogP contribution is -2.36. The molecular formula is C24H21ClO4. The van der Waals surface area contributed by atoms with E-state index in [1.165, 1.54) is 0 Å². The lowest BCUT2D eigenvalue weighted by atomic mass is 9.97. The smallest absolute Gasteiger partial charge is 0.305 e. The summed E-state index contributed by atoms with van der Waals surface area (Å²) in [5, 5.41) is -0.575. The van der Waals surface area contributed by atoms with Crippen molar-refractivity contribution in [3.05, 3.63) is 89.5 Å². The van der Waals surface area contributed by atoms with Crippen molar-refractivity contribution >= 4 is 16.8 Å². The Hall–Kier alpha value is -2.98. The van der Waals surface area contributed by atoms with Crippen molar-refractivity contribution in [2.24, 2.45) is 0 Å². The molecule has 3 aromatic rings. The van der Waals surface area contributed by atoms with Gasteiger partial charge in [0.15, 0.2) is 11.5 Å². The number of carbonyl (C=O) groups is 1. The van der Waals surface area contributed by atoms with Crippen molar-refractivity contribution in [3.63, 3.8) is 0 Å². The normalized spacial score (nSPS) is 13.9. The minimum atomic E-state index is -1.18. The highest BCUT2D eigenvalue weighted by Gasteiger charge is 2.47. The molecule has 5 heteroatoms. The molecule has 0 aromatic heterocycles. The second-order valence-corrected chi connectivity index (χ2v) is 7.17. The second kappa shape index (κ2) is 8.18. The van der Waals surface area contributed by atoms with Crippen LogP contribution >= 0.6 is 11.6 Å². The van der Waals surface area contributed by atoms with E-state index in [4.69, 9.17) is 25.8 Å². The summed E-state index contributed by atoms with van der Waals surface area (Å²) in [6.45, 7) is 2.60. The van der Waals surface area contributed by atoms with Gasteiger partial charge in [-0.25, -0.2) is 0 Å². The maximum Gasteiger partial charge on any atom is 0.305 e. The molecule has 0 fully saturated rings. The maximum atomic E-state index is 11.8. The SMILES string of the molecule is CCCCOc1cc(C(=O)Cl)cc2c1OC(c1ccccc1)(c1ccccc1)O2. The Balaban J connectivity index is 1.83. The molecule has 0 spiro atoms. The van der Waals surface area contributed by atoms with Crippen molar-refractivity contribution in [1.82, 2.24) is 0 Å². The van der Waals surface area contributed by atoms with Crippen LogP contribution in [0.5, 0.6) is 17.2 Å². The molecule has 4 rings (SSSR count). The predicted molar refractivity (Wildman–Crippen MR) is 112 cm³/mol. The third-order valence-electron chi connectivity index (χ3n) is 4.81. The Morgan fingerprint density at radius 1 is 0.966 bits per heavy atom. The first-order valence-electron chi connectivity index (χ1n) is 9.64. The van der Waals surface area contributed by atoms with E-state index in [0.717, 1.165) is 24.0 Å². The second-order valence-electron chi connectivity index (χ2n) is 6.83. The molecule has 0 saturated heterocycles. The van der Waals surface area contributed by atoms with Gasteiger partial charge in [-0.3, -0.25) is 4.79 Å². The van der Waals surface area contributed by atoms with Gasteiger partial charge in [-0.1, -0.05) is 74.0 Å². The van der Waals surface area contributed by atoms with Crippen molar-refractivity contribution in [1.29, 1.82) is 0 Å². The molecule has 1 aliphatic rings. The molecule has 1 heterocycles. The van der Waals surface area contributed by atoms with Crippen LogP contribution in [0.3, 0.4) is 0 Å². The quantitative estimate of drug-likeness (QED) is 0.359. The molecule has 0 aliphatic carbocycles. The van der Waals surface area contributed by atoms with E-state index >= 15 is 0 Å². The lowest BCUT2D eigenvalue weighted by molar-refractivity contribution is -0.0468. The van der Waals surface area contributed by atoms with E-state index in [1.54, 1.807) is 12.1 Å². The molecule has 3 aromatic carbocycles. The topological polar surface area (TPSA) is 44.8 Å². The van der Waals surface area contributed by atoms with Gasteiger partial charge >= 0.3 is 5.79 Å². The number of halogens is 1. The number of ether oxygens (including phenoxy) is 3. The first kappa shape index (κ1) is 19.3. The maximum absolute atomic E-state index is 11.8. The van der Waals surface area contributed by atoms with E-state index in [2.05, 4.69) is 6.92 Å². The summed E-state index contributed by atoms with van der Waals surface area (Å²) in [4.78, 5) is 11.8. The summed E-state index contributed by atoms with van der Waals surface area (Å²) in [6, 6.07) is 22.6. The summed E-state index contributed by atoms with van der Waals surface area (Å²) >= 11 is 5.75. The molecule has 0 atom stereocenters. The van der Waals surface area contributed by atoms with Crippen molar-refractivity contribution in [3.8, 4) is 17.2 Å². The van der Waals surface area contributed by atoms with Gasteiger partial charge in [0, 0.05) is 16.7 Å². The van der Waals surface area contributed by atoms with Gasteiger partial charge in [0.25, 0.3) is 5.24 Å². The molecule has 4 nitrogen and oxygen atoms in total. The number of rotatable bonds is 7. The number of hydrogen-bond acceptors (Lipinski definition) is 4. The van der Waals surface area contributed by atoms with Crippen molar-refractivity contribution < 1.29 is 19.0 Å². The molecule has 0 N–H and O–H groups in total. The fraction of sp³-hybridized carbons (Fsp3) is 0.208. The van der Waals surface area contributed by atoms with Crippen LogP contribution in [0, 0.1) is 0 Å². The van der Waals surface area contributed by atoms with E-state index in [9.17, 15) is 4.79 Å². The average molecular weight is 409 g/mol. The van der Waals surface area contributed by atoms with Gasteiger partial charge in [0.2, 0.25) is 5.75 Å². The monoisotopic (exact) mass is 408 g/mol. The van der Waals surface area contributed by atoms with Gasteiger partial charge in [-0.05, 0) is 30.2 Å². The van der Waals surface area contributed by atoms with Gasteiger partial charge < -0.3 is 14.2 Å². The molecule has 0 radical (unpaired) electrons. The number of hydrogen-bond donors (Lipinski definition) is 0. The summed E-state index contributed by atoms with van der Waals surface area (Å²) in [7, 11) is 0. The van der Waals surface area contributed by atoms with Crippen LogP contribution < -0.4 is 14.2 Å². The van der Waals surface area contributed by atoms with Crippen LogP contribution in [-0.2, 0) is 5.79 Å². The highest BCUT2D eigenvalue weighted by Crippen LogP contribution is 2.52. The predicted octanol–water partition coefficient (Wildman–Crippen LogP) is 5.92. The number of carbonyl (C=O) groups excluding carboxylic acids is 1. The Labute approximate surface area is 175 Å². The zero-order valence-corrected chi connectivity index (χ0v) is 16.8. The van der Waals surface area contributed by atoms with Gasteiger partial charge in [0.05, 0.1) is 6.61 Å². The zero-order chi connectivity index (χ0) is 20.3. The number of unbranched alkanes of at least 4 members (excludes halogenated alkanes) is 1. The highest BCUT2D eigenvalue weighted by atomic mass is 35.5. The molecule has 0 bridgehead atoms. The fourth-order valence-electron chi connectivity index (χ4n) is 3.34. The van der Waals surface area contributed by atoms with E-state index in [-0.39, 0.29) is 0 Å². The molecule has 0 unspecified atom stereocenters. The Morgan fingerprint density at radius 2 is 1.59 bits per heavy atom. The molecular weight excluding hydrogens is 388 g/mol.